The van der Waals surface area contributed by atoms with E-state index in [0.29, 0.717) is 16.4 Å². The molecule has 154 valence electrons. The molecule has 1 aromatic carbocycles. The van der Waals surface area contributed by atoms with Gasteiger partial charge in [-0.15, -0.1) is 0 Å². The Morgan fingerprint density at radius 2 is 1.86 bits per heavy atom. The number of hydrogen-bond acceptors (Lipinski definition) is 6. The number of aromatic nitrogens is 1. The molecular formula is C21H24ClN3O4. The Kier molecular flexibility index (Phi) is 7.19. The van der Waals surface area contributed by atoms with Crippen molar-refractivity contribution in [3.63, 3.8) is 0 Å². The molecule has 29 heavy (non-hydrogen) atoms. The zero-order chi connectivity index (χ0) is 20.8. The number of halogens is 1. The lowest BCUT2D eigenvalue weighted by Gasteiger charge is -2.35. The normalized spacial score (nSPS) is 19.6. The van der Waals surface area contributed by atoms with Crippen LogP contribution in [0.4, 0.5) is 5.82 Å². The number of morpholine rings is 1. The number of hydrogen-bond donors (Lipinski definition) is 1. The predicted molar refractivity (Wildman–Crippen MR) is 110 cm³/mol. The minimum Gasteiger partial charge on any atom is -0.452 e. The molecule has 1 saturated heterocycles. The van der Waals surface area contributed by atoms with Crippen LogP contribution in [-0.4, -0.2) is 53.7 Å². The van der Waals surface area contributed by atoms with E-state index in [2.05, 4.69) is 29.0 Å². The number of carbonyl (C=O) groups is 2. The Morgan fingerprint density at radius 1 is 1.17 bits per heavy atom. The molecule has 0 aliphatic carbocycles. The molecule has 1 N–H and O–H groups in total. The van der Waals surface area contributed by atoms with E-state index >= 15 is 0 Å². The van der Waals surface area contributed by atoms with Crippen LogP contribution in [0.1, 0.15) is 29.8 Å². The second-order valence-electron chi connectivity index (χ2n) is 7.13. The lowest BCUT2D eigenvalue weighted by molar-refractivity contribution is -0.119. The molecule has 0 radical (unpaired) electrons. The molecule has 1 fully saturated rings. The number of nitrogens with one attached hydrogen (secondary N) is 1. The standard InChI is InChI=1S/C21H24ClN3O4/c1-14-10-25(11-15(2)29-14)12-16-3-5-17(6-4-16)21(27)28-13-20(26)24-19-8-7-18(22)9-23-19/h3-9,14-15H,10-13H2,1-2H3,(H,23,24,26)/t14-,15+. The fraction of sp³-hybridized carbons (Fsp3) is 0.381. The van der Waals surface area contributed by atoms with Crippen molar-refractivity contribution in [2.45, 2.75) is 32.6 Å². The van der Waals surface area contributed by atoms with E-state index in [-0.39, 0.29) is 12.2 Å². The maximum atomic E-state index is 12.2. The van der Waals surface area contributed by atoms with Crippen molar-refractivity contribution in [1.29, 1.82) is 0 Å². The van der Waals surface area contributed by atoms with E-state index in [1.165, 1.54) is 6.20 Å². The zero-order valence-corrected chi connectivity index (χ0v) is 17.2. The predicted octanol–water partition coefficient (Wildman–Crippen LogP) is 3.14. The van der Waals surface area contributed by atoms with Gasteiger partial charge in [0, 0.05) is 25.8 Å². The first kappa shape index (κ1) is 21.2. The topological polar surface area (TPSA) is 80.8 Å². The van der Waals surface area contributed by atoms with Crippen molar-refractivity contribution < 1.29 is 19.1 Å². The second kappa shape index (κ2) is 9.82. The second-order valence-corrected chi connectivity index (χ2v) is 7.57. The Labute approximate surface area is 175 Å². The molecule has 0 bridgehead atoms. The zero-order valence-electron chi connectivity index (χ0n) is 16.4. The van der Waals surface area contributed by atoms with Crippen LogP contribution in [0.25, 0.3) is 0 Å². The van der Waals surface area contributed by atoms with Gasteiger partial charge < -0.3 is 14.8 Å². The van der Waals surface area contributed by atoms with Gasteiger partial charge in [-0.1, -0.05) is 23.7 Å². The fourth-order valence-corrected chi connectivity index (χ4v) is 3.37. The third kappa shape index (κ3) is 6.52. The molecule has 0 unspecified atom stereocenters. The van der Waals surface area contributed by atoms with E-state index in [1.807, 2.05) is 12.1 Å². The number of anilines is 1. The van der Waals surface area contributed by atoms with Crippen LogP contribution < -0.4 is 5.32 Å². The number of ether oxygens (including phenoxy) is 2. The lowest BCUT2D eigenvalue weighted by atomic mass is 10.1. The molecular weight excluding hydrogens is 394 g/mol. The van der Waals surface area contributed by atoms with Gasteiger partial charge in [-0.25, -0.2) is 9.78 Å². The molecule has 0 spiro atoms. The minimum absolute atomic E-state index is 0.210. The summed E-state index contributed by atoms with van der Waals surface area (Å²) in [5.74, 6) is -0.684. The summed E-state index contributed by atoms with van der Waals surface area (Å²) in [6.45, 7) is 6.30. The van der Waals surface area contributed by atoms with E-state index in [0.717, 1.165) is 25.2 Å². The van der Waals surface area contributed by atoms with Crippen LogP contribution in [0.5, 0.6) is 0 Å². The molecule has 7 nitrogen and oxygen atoms in total. The maximum absolute atomic E-state index is 12.2. The van der Waals surface area contributed by atoms with Gasteiger partial charge in [-0.3, -0.25) is 9.69 Å². The molecule has 3 rings (SSSR count). The summed E-state index contributed by atoms with van der Waals surface area (Å²) < 4.78 is 10.8. The van der Waals surface area contributed by atoms with Crippen molar-refractivity contribution in [2.75, 3.05) is 25.0 Å². The van der Waals surface area contributed by atoms with E-state index < -0.39 is 18.5 Å². The molecule has 1 amide bonds. The van der Waals surface area contributed by atoms with Crippen LogP contribution in [0.15, 0.2) is 42.6 Å². The Hall–Kier alpha value is -2.48. The van der Waals surface area contributed by atoms with Gasteiger partial charge in [0.1, 0.15) is 5.82 Å². The number of carbonyl (C=O) groups excluding carboxylic acids is 2. The summed E-state index contributed by atoms with van der Waals surface area (Å²) in [5.41, 5.74) is 1.50. The van der Waals surface area contributed by atoms with Crippen molar-refractivity contribution in [3.05, 3.63) is 58.7 Å². The highest BCUT2D eigenvalue weighted by molar-refractivity contribution is 6.30. The quantitative estimate of drug-likeness (QED) is 0.727. The highest BCUT2D eigenvalue weighted by Gasteiger charge is 2.22. The average Bonchev–Trinajstić information content (AvgIpc) is 2.68. The first-order chi connectivity index (χ1) is 13.9. The molecule has 2 heterocycles. The Balaban J connectivity index is 1.47. The van der Waals surface area contributed by atoms with Crippen LogP contribution in [0, 0.1) is 0 Å². The molecule has 2 aromatic rings. The number of esters is 1. The summed E-state index contributed by atoms with van der Waals surface area (Å²) in [5, 5.41) is 3.00. The minimum atomic E-state index is -0.551. The van der Waals surface area contributed by atoms with Crippen LogP contribution in [0.3, 0.4) is 0 Å². The summed E-state index contributed by atoms with van der Waals surface area (Å²) in [7, 11) is 0. The van der Waals surface area contributed by atoms with Gasteiger partial charge in [0.15, 0.2) is 6.61 Å². The number of benzene rings is 1. The first-order valence-corrected chi connectivity index (χ1v) is 9.82. The monoisotopic (exact) mass is 417 g/mol. The fourth-order valence-electron chi connectivity index (χ4n) is 3.26. The SMILES string of the molecule is C[C@@H]1CN(Cc2ccc(C(=O)OCC(=O)Nc3ccc(Cl)cn3)cc2)C[C@H](C)O1. The van der Waals surface area contributed by atoms with Crippen LogP contribution in [0.2, 0.25) is 5.02 Å². The van der Waals surface area contributed by atoms with Crippen molar-refractivity contribution >= 4 is 29.3 Å². The molecule has 2 atom stereocenters. The van der Waals surface area contributed by atoms with Crippen molar-refractivity contribution in [2.24, 2.45) is 0 Å². The molecule has 1 aliphatic rings. The number of pyridine rings is 1. The van der Waals surface area contributed by atoms with Crippen LogP contribution >= 0.6 is 11.6 Å². The summed E-state index contributed by atoms with van der Waals surface area (Å²) >= 11 is 5.74. The molecule has 1 aromatic heterocycles. The molecule has 8 heteroatoms. The van der Waals surface area contributed by atoms with Crippen molar-refractivity contribution in [3.8, 4) is 0 Å². The summed E-state index contributed by atoms with van der Waals surface area (Å²) in [6, 6.07) is 10.4. The first-order valence-electron chi connectivity index (χ1n) is 9.44. The van der Waals surface area contributed by atoms with Crippen molar-refractivity contribution in [1.82, 2.24) is 9.88 Å². The average molecular weight is 418 g/mol. The van der Waals surface area contributed by atoms with Gasteiger partial charge in [0.05, 0.1) is 22.8 Å². The van der Waals surface area contributed by atoms with E-state index in [9.17, 15) is 9.59 Å². The number of nitrogens with zero attached hydrogens (tertiary/aromatic N) is 2. The van der Waals surface area contributed by atoms with Gasteiger partial charge >= 0.3 is 5.97 Å². The van der Waals surface area contributed by atoms with E-state index in [4.69, 9.17) is 21.1 Å². The number of rotatable bonds is 6. The summed E-state index contributed by atoms with van der Waals surface area (Å²) in [4.78, 5) is 30.3. The third-order valence-corrected chi connectivity index (χ3v) is 4.64. The van der Waals surface area contributed by atoms with Gasteiger partial charge in [-0.05, 0) is 43.7 Å². The number of amides is 1. The summed E-state index contributed by atoms with van der Waals surface area (Å²) in [6.07, 6.45) is 1.84. The molecule has 1 aliphatic heterocycles. The van der Waals surface area contributed by atoms with Gasteiger partial charge in [0.25, 0.3) is 5.91 Å². The Morgan fingerprint density at radius 3 is 2.48 bits per heavy atom. The van der Waals surface area contributed by atoms with Gasteiger partial charge in [0.2, 0.25) is 0 Å². The van der Waals surface area contributed by atoms with Gasteiger partial charge in [-0.2, -0.15) is 0 Å². The van der Waals surface area contributed by atoms with E-state index in [1.54, 1.807) is 24.3 Å². The maximum Gasteiger partial charge on any atom is 0.338 e. The highest BCUT2D eigenvalue weighted by atomic mass is 35.5. The third-order valence-electron chi connectivity index (χ3n) is 4.42. The lowest BCUT2D eigenvalue weighted by Crippen LogP contribution is -2.44. The molecule has 0 saturated carbocycles. The smallest absolute Gasteiger partial charge is 0.338 e. The Bertz CT molecular complexity index is 832. The largest absolute Gasteiger partial charge is 0.452 e. The van der Waals surface area contributed by atoms with Crippen LogP contribution in [-0.2, 0) is 20.8 Å². The highest BCUT2D eigenvalue weighted by Crippen LogP contribution is 2.15.